The third-order valence-corrected chi connectivity index (χ3v) is 3.08. The number of hydrogen-bond donors (Lipinski definition) is 2. The molecule has 0 heterocycles. The standard InChI is InChI=1S/C13H18FNO2/c1-4-13(3,12(16)17)15-9(2)10-5-7-11(14)8-6-10/h5-9,15H,4H2,1-3H3,(H,16,17). The van der Waals surface area contributed by atoms with E-state index in [9.17, 15) is 9.18 Å². The van der Waals surface area contributed by atoms with E-state index in [2.05, 4.69) is 5.32 Å². The van der Waals surface area contributed by atoms with Crippen molar-refractivity contribution in [3.05, 3.63) is 35.6 Å². The van der Waals surface area contributed by atoms with E-state index in [1.807, 2.05) is 13.8 Å². The molecular formula is C13H18FNO2. The molecule has 2 atom stereocenters. The predicted octanol–water partition coefficient (Wildman–Crippen LogP) is 2.73. The molecule has 94 valence electrons. The fraction of sp³-hybridized carbons (Fsp3) is 0.462. The molecule has 0 aliphatic heterocycles. The summed E-state index contributed by atoms with van der Waals surface area (Å²) in [4.78, 5) is 11.2. The van der Waals surface area contributed by atoms with Crippen molar-refractivity contribution in [2.24, 2.45) is 0 Å². The third kappa shape index (κ3) is 3.27. The average molecular weight is 239 g/mol. The van der Waals surface area contributed by atoms with E-state index in [0.717, 1.165) is 5.56 Å². The SMILES string of the molecule is CCC(C)(NC(C)c1ccc(F)cc1)C(=O)O. The molecule has 0 radical (unpaired) electrons. The van der Waals surface area contributed by atoms with E-state index in [1.54, 1.807) is 19.1 Å². The van der Waals surface area contributed by atoms with Crippen LogP contribution in [0.3, 0.4) is 0 Å². The highest BCUT2D eigenvalue weighted by Gasteiger charge is 2.32. The number of carboxylic acid groups (broad SMARTS) is 1. The van der Waals surface area contributed by atoms with Crippen molar-refractivity contribution < 1.29 is 14.3 Å². The van der Waals surface area contributed by atoms with Gasteiger partial charge in [-0.15, -0.1) is 0 Å². The first-order chi connectivity index (χ1) is 7.89. The second-order valence-electron chi connectivity index (χ2n) is 4.41. The Kier molecular flexibility index (Phi) is 4.23. The first kappa shape index (κ1) is 13.6. The van der Waals surface area contributed by atoms with Gasteiger partial charge in [-0.25, -0.2) is 4.39 Å². The van der Waals surface area contributed by atoms with Gasteiger partial charge in [0.05, 0.1) is 0 Å². The van der Waals surface area contributed by atoms with Gasteiger partial charge in [-0.05, 0) is 38.0 Å². The summed E-state index contributed by atoms with van der Waals surface area (Å²) in [5, 5.41) is 12.2. The van der Waals surface area contributed by atoms with Crippen molar-refractivity contribution in [2.75, 3.05) is 0 Å². The minimum atomic E-state index is -0.964. The Morgan fingerprint density at radius 1 is 1.47 bits per heavy atom. The fourth-order valence-corrected chi connectivity index (χ4v) is 1.63. The molecule has 1 aromatic rings. The molecule has 4 heteroatoms. The van der Waals surface area contributed by atoms with E-state index in [-0.39, 0.29) is 11.9 Å². The Balaban J connectivity index is 2.81. The van der Waals surface area contributed by atoms with E-state index in [0.29, 0.717) is 6.42 Å². The van der Waals surface area contributed by atoms with Crippen LogP contribution < -0.4 is 5.32 Å². The first-order valence-electron chi connectivity index (χ1n) is 5.65. The molecule has 0 spiro atoms. The molecule has 17 heavy (non-hydrogen) atoms. The third-order valence-electron chi connectivity index (χ3n) is 3.08. The normalized spacial score (nSPS) is 16.2. The lowest BCUT2D eigenvalue weighted by Gasteiger charge is -2.29. The van der Waals surface area contributed by atoms with Crippen molar-refractivity contribution in [1.82, 2.24) is 5.32 Å². The van der Waals surface area contributed by atoms with Crippen molar-refractivity contribution in [1.29, 1.82) is 0 Å². The highest BCUT2D eigenvalue weighted by molar-refractivity contribution is 5.78. The summed E-state index contributed by atoms with van der Waals surface area (Å²) in [7, 11) is 0. The zero-order chi connectivity index (χ0) is 13.1. The molecule has 2 unspecified atom stereocenters. The Hall–Kier alpha value is -1.42. The van der Waals surface area contributed by atoms with Gasteiger partial charge in [0, 0.05) is 6.04 Å². The maximum absolute atomic E-state index is 12.8. The van der Waals surface area contributed by atoms with E-state index < -0.39 is 11.5 Å². The van der Waals surface area contributed by atoms with Gasteiger partial charge in [-0.3, -0.25) is 10.1 Å². The molecule has 0 saturated carbocycles. The lowest BCUT2D eigenvalue weighted by Crippen LogP contribution is -2.49. The average Bonchev–Trinajstić information content (AvgIpc) is 2.29. The topological polar surface area (TPSA) is 49.3 Å². The molecule has 2 N–H and O–H groups in total. The van der Waals surface area contributed by atoms with Crippen LogP contribution in [0.1, 0.15) is 38.8 Å². The Morgan fingerprint density at radius 3 is 2.41 bits per heavy atom. The summed E-state index contributed by atoms with van der Waals surface area (Å²) >= 11 is 0. The van der Waals surface area contributed by atoms with Crippen LogP contribution in [-0.2, 0) is 4.79 Å². The largest absolute Gasteiger partial charge is 0.480 e. The number of rotatable bonds is 5. The second kappa shape index (κ2) is 5.27. The molecule has 0 aliphatic carbocycles. The first-order valence-corrected chi connectivity index (χ1v) is 5.65. The highest BCUT2D eigenvalue weighted by atomic mass is 19.1. The summed E-state index contributed by atoms with van der Waals surface area (Å²) in [5.74, 6) is -1.17. The van der Waals surface area contributed by atoms with E-state index in [1.165, 1.54) is 12.1 Å². The molecular weight excluding hydrogens is 221 g/mol. The summed E-state index contributed by atoms with van der Waals surface area (Å²) in [5.41, 5.74) is -0.0966. The van der Waals surface area contributed by atoms with Crippen molar-refractivity contribution in [2.45, 2.75) is 38.8 Å². The van der Waals surface area contributed by atoms with Gasteiger partial charge in [-0.2, -0.15) is 0 Å². The van der Waals surface area contributed by atoms with Gasteiger partial charge in [0.1, 0.15) is 11.4 Å². The fourth-order valence-electron chi connectivity index (χ4n) is 1.63. The zero-order valence-corrected chi connectivity index (χ0v) is 10.3. The summed E-state index contributed by atoms with van der Waals surface area (Å²) in [6, 6.07) is 5.92. The van der Waals surface area contributed by atoms with Gasteiger partial charge in [0.2, 0.25) is 0 Å². The molecule has 0 amide bonds. The van der Waals surface area contributed by atoms with Crippen LogP contribution in [0.25, 0.3) is 0 Å². The van der Waals surface area contributed by atoms with Crippen LogP contribution in [0, 0.1) is 5.82 Å². The minimum Gasteiger partial charge on any atom is -0.480 e. The number of carbonyl (C=O) groups is 1. The van der Waals surface area contributed by atoms with E-state index >= 15 is 0 Å². The Morgan fingerprint density at radius 2 is 2.00 bits per heavy atom. The number of aliphatic carboxylic acids is 1. The Bertz CT molecular complexity index is 391. The van der Waals surface area contributed by atoms with Crippen LogP contribution in [-0.4, -0.2) is 16.6 Å². The molecule has 3 nitrogen and oxygen atoms in total. The van der Waals surface area contributed by atoms with Crippen molar-refractivity contribution in [3.8, 4) is 0 Å². The van der Waals surface area contributed by atoms with Crippen LogP contribution in [0.2, 0.25) is 0 Å². The van der Waals surface area contributed by atoms with Crippen molar-refractivity contribution >= 4 is 5.97 Å². The maximum Gasteiger partial charge on any atom is 0.323 e. The highest BCUT2D eigenvalue weighted by Crippen LogP contribution is 2.19. The van der Waals surface area contributed by atoms with Crippen LogP contribution >= 0.6 is 0 Å². The quantitative estimate of drug-likeness (QED) is 0.830. The van der Waals surface area contributed by atoms with Gasteiger partial charge in [0.25, 0.3) is 0 Å². The smallest absolute Gasteiger partial charge is 0.323 e. The molecule has 0 aromatic heterocycles. The number of benzene rings is 1. The Labute approximate surface area is 101 Å². The number of nitrogens with one attached hydrogen (secondary N) is 1. The molecule has 1 rings (SSSR count). The summed E-state index contributed by atoms with van der Waals surface area (Å²) in [6.07, 6.45) is 0.480. The zero-order valence-electron chi connectivity index (χ0n) is 10.3. The van der Waals surface area contributed by atoms with Crippen molar-refractivity contribution in [3.63, 3.8) is 0 Å². The number of halogens is 1. The van der Waals surface area contributed by atoms with Gasteiger partial charge in [0.15, 0.2) is 0 Å². The van der Waals surface area contributed by atoms with Gasteiger partial charge in [-0.1, -0.05) is 19.1 Å². The molecule has 0 bridgehead atoms. The van der Waals surface area contributed by atoms with Gasteiger partial charge < -0.3 is 5.11 Å². The van der Waals surface area contributed by atoms with Crippen LogP contribution in [0.4, 0.5) is 4.39 Å². The maximum atomic E-state index is 12.8. The van der Waals surface area contributed by atoms with Crippen LogP contribution in [0.15, 0.2) is 24.3 Å². The summed E-state index contributed by atoms with van der Waals surface area (Å²) in [6.45, 7) is 5.33. The number of carboxylic acids is 1. The lowest BCUT2D eigenvalue weighted by molar-refractivity contribution is -0.144. The molecule has 0 fully saturated rings. The number of hydrogen-bond acceptors (Lipinski definition) is 2. The molecule has 0 aliphatic rings. The van der Waals surface area contributed by atoms with Gasteiger partial charge >= 0.3 is 5.97 Å². The minimum absolute atomic E-state index is 0.142. The molecule has 0 saturated heterocycles. The summed E-state index contributed by atoms with van der Waals surface area (Å²) < 4.78 is 12.8. The second-order valence-corrected chi connectivity index (χ2v) is 4.41. The predicted molar refractivity (Wildman–Crippen MR) is 64.3 cm³/mol. The van der Waals surface area contributed by atoms with Crippen LogP contribution in [0.5, 0.6) is 0 Å². The molecule has 1 aromatic carbocycles. The monoisotopic (exact) mass is 239 g/mol. The lowest BCUT2D eigenvalue weighted by atomic mass is 9.96. The van der Waals surface area contributed by atoms with E-state index in [4.69, 9.17) is 5.11 Å².